The van der Waals surface area contributed by atoms with Crippen molar-refractivity contribution >= 4 is 17.9 Å². The first-order chi connectivity index (χ1) is 13.2. The van der Waals surface area contributed by atoms with Crippen molar-refractivity contribution in [2.45, 2.75) is 71.8 Å². The number of carbonyl (C=O) groups is 3. The molecule has 3 aliphatic carbocycles. The van der Waals surface area contributed by atoms with Crippen molar-refractivity contribution in [3.05, 3.63) is 12.3 Å². The Bertz CT molecular complexity index is 655. The van der Waals surface area contributed by atoms with Crippen LogP contribution in [-0.4, -0.2) is 29.1 Å². The van der Waals surface area contributed by atoms with Crippen LogP contribution in [0.2, 0.25) is 0 Å². The first-order valence-corrected chi connectivity index (χ1v) is 10.4. The standard InChI is InChI=1S/C22H32O6/c1-13(23)27-11-9-16-15(12-21(25)26)4-5-18-17(16)8-10-22(3)19(18)6-7-20(22)28-14(2)24/h9,11,15-20H,4-8,10,12H2,1-3H3,(H,25,26)/b11-9+/t15-,16-,17+,18+,19-,20-,22-/m0/s1. The third-order valence-electron chi connectivity index (χ3n) is 7.59. The molecule has 6 heteroatoms. The largest absolute Gasteiger partial charge is 0.481 e. The van der Waals surface area contributed by atoms with E-state index in [9.17, 15) is 19.5 Å². The number of esters is 2. The first-order valence-electron chi connectivity index (χ1n) is 10.4. The summed E-state index contributed by atoms with van der Waals surface area (Å²) in [6.07, 6.45) is 9.34. The van der Waals surface area contributed by atoms with E-state index < -0.39 is 5.97 Å². The molecule has 0 spiro atoms. The van der Waals surface area contributed by atoms with Crippen LogP contribution < -0.4 is 0 Å². The number of aliphatic carboxylic acids is 1. The minimum absolute atomic E-state index is 0.0105. The van der Waals surface area contributed by atoms with Crippen LogP contribution in [0, 0.1) is 35.0 Å². The van der Waals surface area contributed by atoms with E-state index >= 15 is 0 Å². The SMILES string of the molecule is CC(=O)O/C=C/[C@H]1[C@H](CC(=O)O)CC[C@@H]2[C@@H]1CC[C@]1(C)[C@@H](OC(C)=O)CC[C@@H]21. The average Bonchev–Trinajstić information content (AvgIpc) is 2.92. The molecule has 0 aliphatic heterocycles. The van der Waals surface area contributed by atoms with Gasteiger partial charge < -0.3 is 14.6 Å². The predicted molar refractivity (Wildman–Crippen MR) is 102 cm³/mol. The van der Waals surface area contributed by atoms with Crippen molar-refractivity contribution in [3.8, 4) is 0 Å². The third kappa shape index (κ3) is 4.11. The van der Waals surface area contributed by atoms with Crippen molar-refractivity contribution in [3.63, 3.8) is 0 Å². The summed E-state index contributed by atoms with van der Waals surface area (Å²) in [5.74, 6) is 0.204. The minimum Gasteiger partial charge on any atom is -0.481 e. The maximum absolute atomic E-state index is 11.5. The van der Waals surface area contributed by atoms with E-state index in [0.717, 1.165) is 38.5 Å². The third-order valence-corrected chi connectivity index (χ3v) is 7.59. The van der Waals surface area contributed by atoms with Crippen LogP contribution in [0.5, 0.6) is 0 Å². The lowest BCUT2D eigenvalue weighted by Crippen LogP contribution is -2.49. The van der Waals surface area contributed by atoms with Crippen molar-refractivity contribution in [2.75, 3.05) is 0 Å². The minimum atomic E-state index is -0.772. The molecule has 28 heavy (non-hydrogen) atoms. The van der Waals surface area contributed by atoms with Gasteiger partial charge in [0.05, 0.1) is 6.26 Å². The number of fused-ring (bicyclic) bond motifs is 3. The second-order valence-corrected chi connectivity index (χ2v) is 9.10. The van der Waals surface area contributed by atoms with Gasteiger partial charge in [-0.3, -0.25) is 14.4 Å². The lowest BCUT2D eigenvalue weighted by molar-refractivity contribution is -0.156. The van der Waals surface area contributed by atoms with Gasteiger partial charge in [-0.1, -0.05) is 6.92 Å². The van der Waals surface area contributed by atoms with Crippen LogP contribution in [0.15, 0.2) is 12.3 Å². The topological polar surface area (TPSA) is 89.9 Å². The molecule has 0 amide bonds. The smallest absolute Gasteiger partial charge is 0.307 e. The number of hydrogen-bond donors (Lipinski definition) is 1. The van der Waals surface area contributed by atoms with Gasteiger partial charge in [-0.25, -0.2) is 0 Å². The zero-order valence-electron chi connectivity index (χ0n) is 17.1. The van der Waals surface area contributed by atoms with Gasteiger partial charge in [0.25, 0.3) is 0 Å². The zero-order chi connectivity index (χ0) is 20.5. The van der Waals surface area contributed by atoms with E-state index in [0.29, 0.717) is 17.8 Å². The molecule has 0 unspecified atom stereocenters. The Kier molecular flexibility index (Phi) is 6.15. The second kappa shape index (κ2) is 8.26. The van der Waals surface area contributed by atoms with Gasteiger partial charge in [0.2, 0.25) is 0 Å². The molecule has 0 aromatic heterocycles. The van der Waals surface area contributed by atoms with Crippen molar-refractivity contribution in [1.29, 1.82) is 0 Å². The van der Waals surface area contributed by atoms with Gasteiger partial charge in [0.1, 0.15) is 6.10 Å². The molecule has 0 aromatic carbocycles. The summed E-state index contributed by atoms with van der Waals surface area (Å²) in [7, 11) is 0. The average molecular weight is 392 g/mol. The maximum atomic E-state index is 11.5. The van der Waals surface area contributed by atoms with Gasteiger partial charge in [-0.2, -0.15) is 0 Å². The summed E-state index contributed by atoms with van der Waals surface area (Å²) in [4.78, 5) is 34.1. The van der Waals surface area contributed by atoms with E-state index in [2.05, 4.69) is 6.92 Å². The van der Waals surface area contributed by atoms with Gasteiger partial charge in [0.15, 0.2) is 0 Å². The molecule has 3 saturated carbocycles. The summed E-state index contributed by atoms with van der Waals surface area (Å²) in [5.41, 5.74) is 0.0105. The van der Waals surface area contributed by atoms with E-state index in [1.54, 1.807) is 0 Å². The summed E-state index contributed by atoms with van der Waals surface area (Å²) < 4.78 is 10.7. The Hall–Kier alpha value is -1.85. The zero-order valence-corrected chi connectivity index (χ0v) is 17.1. The number of carboxylic acids is 1. The lowest BCUT2D eigenvalue weighted by Gasteiger charge is -2.53. The Morgan fingerprint density at radius 3 is 2.43 bits per heavy atom. The molecule has 0 bridgehead atoms. The van der Waals surface area contributed by atoms with Crippen LogP contribution in [0.3, 0.4) is 0 Å². The molecular formula is C22H32O6. The molecule has 0 radical (unpaired) electrons. The highest BCUT2D eigenvalue weighted by molar-refractivity contribution is 5.67. The molecule has 3 fully saturated rings. The highest BCUT2D eigenvalue weighted by Crippen LogP contribution is 2.62. The molecule has 0 heterocycles. The number of carbonyl (C=O) groups excluding carboxylic acids is 2. The second-order valence-electron chi connectivity index (χ2n) is 9.10. The molecule has 1 N–H and O–H groups in total. The molecule has 0 saturated heterocycles. The fourth-order valence-corrected chi connectivity index (χ4v) is 6.49. The van der Waals surface area contributed by atoms with Gasteiger partial charge in [-0.05, 0) is 74.2 Å². The molecule has 7 atom stereocenters. The molecule has 3 rings (SSSR count). The Morgan fingerprint density at radius 2 is 1.79 bits per heavy atom. The number of hydrogen-bond acceptors (Lipinski definition) is 5. The molecular weight excluding hydrogens is 360 g/mol. The van der Waals surface area contributed by atoms with Crippen LogP contribution in [0.1, 0.15) is 65.7 Å². The molecule has 0 aromatic rings. The monoisotopic (exact) mass is 392 g/mol. The predicted octanol–water partition coefficient (Wildman–Crippen LogP) is 3.94. The highest BCUT2D eigenvalue weighted by atomic mass is 16.5. The van der Waals surface area contributed by atoms with Crippen LogP contribution >= 0.6 is 0 Å². The number of rotatable bonds is 5. The Balaban J connectivity index is 1.81. The van der Waals surface area contributed by atoms with Gasteiger partial charge in [0, 0.05) is 25.7 Å². The Morgan fingerprint density at radius 1 is 1.04 bits per heavy atom. The van der Waals surface area contributed by atoms with Gasteiger partial charge in [-0.15, -0.1) is 0 Å². The normalized spacial score (nSPS) is 39.8. The first kappa shape index (κ1) is 20.9. The fraction of sp³-hybridized carbons (Fsp3) is 0.773. The summed E-state index contributed by atoms with van der Waals surface area (Å²) in [6.45, 7) is 5.11. The van der Waals surface area contributed by atoms with Crippen molar-refractivity contribution in [2.24, 2.45) is 35.0 Å². The van der Waals surface area contributed by atoms with E-state index in [4.69, 9.17) is 9.47 Å². The van der Waals surface area contributed by atoms with Crippen LogP contribution in [0.25, 0.3) is 0 Å². The van der Waals surface area contributed by atoms with Crippen LogP contribution in [-0.2, 0) is 23.9 Å². The molecule has 156 valence electrons. The van der Waals surface area contributed by atoms with Crippen molar-refractivity contribution in [1.82, 2.24) is 0 Å². The van der Waals surface area contributed by atoms with E-state index in [1.165, 1.54) is 20.1 Å². The Labute approximate surface area is 166 Å². The van der Waals surface area contributed by atoms with E-state index in [1.807, 2.05) is 6.08 Å². The van der Waals surface area contributed by atoms with Crippen LogP contribution in [0.4, 0.5) is 0 Å². The number of allylic oxidation sites excluding steroid dienone is 1. The highest BCUT2D eigenvalue weighted by Gasteiger charge is 2.57. The summed E-state index contributed by atoms with van der Waals surface area (Å²) >= 11 is 0. The van der Waals surface area contributed by atoms with Gasteiger partial charge >= 0.3 is 17.9 Å². The lowest BCUT2D eigenvalue weighted by atomic mass is 9.52. The fourth-order valence-electron chi connectivity index (χ4n) is 6.49. The number of carboxylic acid groups (broad SMARTS) is 1. The quantitative estimate of drug-likeness (QED) is 0.563. The van der Waals surface area contributed by atoms with E-state index in [-0.39, 0.29) is 41.7 Å². The van der Waals surface area contributed by atoms with Crippen molar-refractivity contribution < 1.29 is 29.0 Å². The summed E-state index contributed by atoms with van der Waals surface area (Å²) in [6, 6.07) is 0. The molecule has 3 aliphatic rings. The summed E-state index contributed by atoms with van der Waals surface area (Å²) in [5, 5.41) is 9.35. The number of ether oxygens (including phenoxy) is 2. The maximum Gasteiger partial charge on any atom is 0.307 e. The molecule has 6 nitrogen and oxygen atoms in total.